The molecule has 0 radical (unpaired) electrons. The lowest BCUT2D eigenvalue weighted by Gasteiger charge is -2.13. The summed E-state index contributed by atoms with van der Waals surface area (Å²) >= 11 is 0. The third kappa shape index (κ3) is 2.30. The summed E-state index contributed by atoms with van der Waals surface area (Å²) in [6.45, 7) is 1.12. The van der Waals surface area contributed by atoms with E-state index in [4.69, 9.17) is 5.73 Å². The largest absolute Gasteiger partial charge is 0.352 e. The second-order valence-corrected chi connectivity index (χ2v) is 5.41. The van der Waals surface area contributed by atoms with E-state index < -0.39 is 0 Å². The minimum absolute atomic E-state index is 0.190. The molecule has 1 fully saturated rings. The molecular formula is C16H20N2O. The Morgan fingerprint density at radius 1 is 1.37 bits per heavy atom. The Bertz CT molecular complexity index is 509. The van der Waals surface area contributed by atoms with Crippen molar-refractivity contribution in [3.05, 3.63) is 47.5 Å². The van der Waals surface area contributed by atoms with Gasteiger partial charge in [-0.3, -0.25) is 4.79 Å². The predicted molar refractivity (Wildman–Crippen MR) is 75.7 cm³/mol. The van der Waals surface area contributed by atoms with Crippen molar-refractivity contribution < 1.29 is 4.79 Å². The Labute approximate surface area is 113 Å². The number of benzene rings is 1. The van der Waals surface area contributed by atoms with Crippen LogP contribution in [0.25, 0.3) is 0 Å². The molecule has 3 unspecified atom stereocenters. The quantitative estimate of drug-likeness (QED) is 0.804. The van der Waals surface area contributed by atoms with Crippen LogP contribution in [0.2, 0.25) is 0 Å². The van der Waals surface area contributed by atoms with Crippen LogP contribution >= 0.6 is 0 Å². The van der Waals surface area contributed by atoms with E-state index in [2.05, 4.69) is 29.6 Å². The van der Waals surface area contributed by atoms with Crippen molar-refractivity contribution in [2.45, 2.75) is 18.8 Å². The fourth-order valence-corrected chi connectivity index (χ4v) is 3.38. The monoisotopic (exact) mass is 256 g/mol. The lowest BCUT2D eigenvalue weighted by atomic mass is 9.92. The standard InChI is InChI=1S/C16H20N2O/c17-9-3-4-10-18-16(19)15-13-8-7-11-5-1-2-6-12(11)14(13)15/h1-6,13-15H,7-10,17H2,(H,18,19)/b4-3+. The van der Waals surface area contributed by atoms with E-state index in [1.807, 2.05) is 12.2 Å². The van der Waals surface area contributed by atoms with Gasteiger partial charge in [0.05, 0.1) is 0 Å². The first-order valence-corrected chi connectivity index (χ1v) is 7.03. The van der Waals surface area contributed by atoms with Gasteiger partial charge in [-0.25, -0.2) is 0 Å². The third-order valence-electron chi connectivity index (χ3n) is 4.33. The summed E-state index contributed by atoms with van der Waals surface area (Å²) in [5.74, 6) is 1.42. The minimum atomic E-state index is 0.190. The fraction of sp³-hybridized carbons (Fsp3) is 0.438. The highest BCUT2D eigenvalue weighted by Gasteiger charge is 2.56. The van der Waals surface area contributed by atoms with Crippen molar-refractivity contribution in [2.24, 2.45) is 17.6 Å². The summed E-state index contributed by atoms with van der Waals surface area (Å²) in [5.41, 5.74) is 8.20. The van der Waals surface area contributed by atoms with E-state index in [9.17, 15) is 4.79 Å². The van der Waals surface area contributed by atoms with Gasteiger partial charge in [-0.05, 0) is 35.8 Å². The summed E-state index contributed by atoms with van der Waals surface area (Å²) in [5, 5.41) is 2.99. The number of hydrogen-bond donors (Lipinski definition) is 2. The number of hydrogen-bond acceptors (Lipinski definition) is 2. The molecule has 0 aliphatic heterocycles. The van der Waals surface area contributed by atoms with Gasteiger partial charge >= 0.3 is 0 Å². The summed E-state index contributed by atoms with van der Waals surface area (Å²) in [4.78, 5) is 12.2. The molecule has 0 saturated heterocycles. The maximum atomic E-state index is 12.2. The molecule has 0 aromatic heterocycles. The number of carbonyl (C=O) groups is 1. The lowest BCUT2D eigenvalue weighted by molar-refractivity contribution is -0.122. The highest BCUT2D eigenvalue weighted by molar-refractivity contribution is 5.84. The van der Waals surface area contributed by atoms with Crippen molar-refractivity contribution in [2.75, 3.05) is 13.1 Å². The van der Waals surface area contributed by atoms with Crippen LogP contribution in [0.5, 0.6) is 0 Å². The van der Waals surface area contributed by atoms with Crippen LogP contribution in [-0.2, 0) is 11.2 Å². The van der Waals surface area contributed by atoms with Crippen LogP contribution < -0.4 is 11.1 Å². The Kier molecular flexibility index (Phi) is 3.38. The smallest absolute Gasteiger partial charge is 0.224 e. The second-order valence-electron chi connectivity index (χ2n) is 5.41. The first-order chi connectivity index (χ1) is 9.33. The molecular weight excluding hydrogens is 236 g/mol. The molecule has 1 saturated carbocycles. The van der Waals surface area contributed by atoms with Crippen LogP contribution in [0.1, 0.15) is 23.5 Å². The van der Waals surface area contributed by atoms with Gasteiger partial charge in [0.15, 0.2) is 0 Å². The molecule has 1 aromatic carbocycles. The number of fused-ring (bicyclic) bond motifs is 3. The molecule has 0 heterocycles. The molecule has 3 N–H and O–H groups in total. The van der Waals surface area contributed by atoms with E-state index in [0.29, 0.717) is 24.9 Å². The molecule has 2 aliphatic rings. The molecule has 1 amide bonds. The van der Waals surface area contributed by atoms with E-state index in [1.165, 1.54) is 11.1 Å². The van der Waals surface area contributed by atoms with Crippen molar-refractivity contribution in [1.82, 2.24) is 5.32 Å². The molecule has 2 aliphatic carbocycles. The number of amides is 1. The van der Waals surface area contributed by atoms with E-state index >= 15 is 0 Å². The van der Waals surface area contributed by atoms with Gasteiger partial charge in [-0.15, -0.1) is 0 Å². The van der Waals surface area contributed by atoms with Gasteiger partial charge in [0.1, 0.15) is 0 Å². The second kappa shape index (κ2) is 5.17. The van der Waals surface area contributed by atoms with Crippen LogP contribution in [0.3, 0.4) is 0 Å². The predicted octanol–water partition coefficient (Wildman–Crippen LogP) is 1.59. The van der Waals surface area contributed by atoms with Crippen LogP contribution in [-0.4, -0.2) is 19.0 Å². The molecule has 100 valence electrons. The third-order valence-corrected chi connectivity index (χ3v) is 4.33. The van der Waals surface area contributed by atoms with E-state index in [0.717, 1.165) is 12.8 Å². The van der Waals surface area contributed by atoms with Crippen molar-refractivity contribution >= 4 is 5.91 Å². The Balaban J connectivity index is 1.64. The molecule has 0 bridgehead atoms. The number of carbonyl (C=O) groups excluding carboxylic acids is 1. The Morgan fingerprint density at radius 3 is 3.05 bits per heavy atom. The van der Waals surface area contributed by atoms with E-state index in [1.54, 1.807) is 0 Å². The number of nitrogens with two attached hydrogens (primary N) is 1. The topological polar surface area (TPSA) is 55.1 Å². The molecule has 3 atom stereocenters. The molecule has 3 heteroatoms. The highest BCUT2D eigenvalue weighted by Crippen LogP contribution is 2.59. The molecule has 3 nitrogen and oxygen atoms in total. The van der Waals surface area contributed by atoms with Gasteiger partial charge < -0.3 is 11.1 Å². The molecule has 19 heavy (non-hydrogen) atoms. The van der Waals surface area contributed by atoms with Gasteiger partial charge in [-0.1, -0.05) is 36.4 Å². The van der Waals surface area contributed by atoms with Crippen LogP contribution in [0, 0.1) is 11.8 Å². The number of rotatable bonds is 4. The molecule has 3 rings (SSSR count). The zero-order valence-electron chi connectivity index (χ0n) is 11.0. The van der Waals surface area contributed by atoms with Crippen LogP contribution in [0.15, 0.2) is 36.4 Å². The number of nitrogens with one attached hydrogen (secondary N) is 1. The summed E-state index contributed by atoms with van der Waals surface area (Å²) in [6.07, 6.45) is 6.06. The number of aryl methyl sites for hydroxylation is 1. The maximum absolute atomic E-state index is 12.2. The van der Waals surface area contributed by atoms with Gasteiger partial charge in [-0.2, -0.15) is 0 Å². The summed E-state index contributed by atoms with van der Waals surface area (Å²) < 4.78 is 0. The van der Waals surface area contributed by atoms with Crippen LogP contribution in [0.4, 0.5) is 0 Å². The normalized spacial score (nSPS) is 27.7. The zero-order valence-corrected chi connectivity index (χ0v) is 11.0. The highest BCUT2D eigenvalue weighted by atomic mass is 16.2. The lowest BCUT2D eigenvalue weighted by Crippen LogP contribution is -2.26. The van der Waals surface area contributed by atoms with E-state index in [-0.39, 0.29) is 11.8 Å². The molecule has 1 aromatic rings. The Hall–Kier alpha value is -1.61. The average Bonchev–Trinajstić information content (AvgIpc) is 3.18. The zero-order chi connectivity index (χ0) is 13.2. The summed E-state index contributed by atoms with van der Waals surface area (Å²) in [6, 6.07) is 8.56. The van der Waals surface area contributed by atoms with Crippen molar-refractivity contribution in [1.29, 1.82) is 0 Å². The van der Waals surface area contributed by atoms with Gasteiger partial charge in [0, 0.05) is 19.0 Å². The van der Waals surface area contributed by atoms with Crippen molar-refractivity contribution in [3.8, 4) is 0 Å². The maximum Gasteiger partial charge on any atom is 0.224 e. The molecule has 0 spiro atoms. The van der Waals surface area contributed by atoms with Gasteiger partial charge in [0.2, 0.25) is 5.91 Å². The first kappa shape index (κ1) is 12.4. The minimum Gasteiger partial charge on any atom is -0.352 e. The summed E-state index contributed by atoms with van der Waals surface area (Å²) in [7, 11) is 0. The van der Waals surface area contributed by atoms with Crippen molar-refractivity contribution in [3.63, 3.8) is 0 Å². The fourth-order valence-electron chi connectivity index (χ4n) is 3.38. The first-order valence-electron chi connectivity index (χ1n) is 7.03. The average molecular weight is 256 g/mol. The SMILES string of the molecule is NC/C=C/CNC(=O)C1C2CCc3ccccc3C21. The Morgan fingerprint density at radius 2 is 2.21 bits per heavy atom. The van der Waals surface area contributed by atoms with Gasteiger partial charge in [0.25, 0.3) is 0 Å².